The minimum absolute atomic E-state index is 0.00999. The molecule has 12 nitrogen and oxygen atoms in total. The van der Waals surface area contributed by atoms with Gasteiger partial charge in [0.1, 0.15) is 0 Å². The number of carboxylic acids is 1. The average molecular weight is 570 g/mol. The van der Waals surface area contributed by atoms with Crippen LogP contribution in [-0.2, 0) is 0 Å². The lowest BCUT2D eigenvalue weighted by atomic mass is 9.75. The highest BCUT2D eigenvalue weighted by Crippen LogP contribution is 2.60. The van der Waals surface area contributed by atoms with E-state index in [0.29, 0.717) is 16.9 Å². The van der Waals surface area contributed by atoms with Crippen molar-refractivity contribution >= 4 is 52.1 Å². The standard InChI is InChI=1S/C25H19ClN4O8S/c26-22-19(39-18-4-2-1-3-16(18)29(35)36)11-15-20(22)21-17(30(37)38)10-9-14(25(31)32)24(21)27-23(15)12-5-7-13(8-6-12)28(33)34/h1-10,15,19-20,22-23,27H,11H2,(H,31,32)/p-1/t15-,19-,20-,22-,23+/m1/s1. The van der Waals surface area contributed by atoms with Gasteiger partial charge in [0.05, 0.1) is 48.3 Å². The number of rotatable bonds is 7. The van der Waals surface area contributed by atoms with E-state index in [0.717, 1.165) is 12.1 Å². The number of nitro groups is 3. The Balaban J connectivity index is 1.65. The van der Waals surface area contributed by atoms with Crippen molar-refractivity contribution in [3.63, 3.8) is 0 Å². The highest BCUT2D eigenvalue weighted by atomic mass is 35.5. The molecule has 14 heteroatoms. The van der Waals surface area contributed by atoms with Crippen LogP contribution in [0.1, 0.15) is 39.9 Å². The molecule has 39 heavy (non-hydrogen) atoms. The van der Waals surface area contributed by atoms with Crippen molar-refractivity contribution in [2.75, 3.05) is 5.32 Å². The molecule has 5 atom stereocenters. The second-order valence-electron chi connectivity index (χ2n) is 9.19. The van der Waals surface area contributed by atoms with Crippen molar-refractivity contribution < 1.29 is 24.7 Å². The zero-order chi connectivity index (χ0) is 28.0. The van der Waals surface area contributed by atoms with Crippen molar-refractivity contribution in [1.82, 2.24) is 0 Å². The minimum Gasteiger partial charge on any atom is -0.545 e. The lowest BCUT2D eigenvalue weighted by Gasteiger charge is -2.39. The van der Waals surface area contributed by atoms with Crippen LogP contribution in [0.3, 0.4) is 0 Å². The third kappa shape index (κ3) is 4.63. The van der Waals surface area contributed by atoms with Crippen LogP contribution in [0, 0.1) is 36.3 Å². The maximum atomic E-state index is 12.0. The zero-order valence-electron chi connectivity index (χ0n) is 19.8. The number of carboxylic acid groups (broad SMARTS) is 1. The van der Waals surface area contributed by atoms with Crippen molar-refractivity contribution in [2.24, 2.45) is 5.92 Å². The molecular formula is C25H18ClN4O8S-. The van der Waals surface area contributed by atoms with Crippen molar-refractivity contribution in [1.29, 1.82) is 0 Å². The topological polar surface area (TPSA) is 182 Å². The maximum absolute atomic E-state index is 12.0. The summed E-state index contributed by atoms with van der Waals surface area (Å²) in [6.07, 6.45) is 0.371. The molecule has 1 N–H and O–H groups in total. The van der Waals surface area contributed by atoms with E-state index in [-0.39, 0.29) is 33.9 Å². The molecule has 1 heterocycles. The largest absolute Gasteiger partial charge is 0.545 e. The van der Waals surface area contributed by atoms with E-state index in [4.69, 9.17) is 11.6 Å². The lowest BCUT2D eigenvalue weighted by Crippen LogP contribution is -2.34. The van der Waals surface area contributed by atoms with Gasteiger partial charge in [-0.3, -0.25) is 30.3 Å². The Morgan fingerprint density at radius 2 is 1.56 bits per heavy atom. The zero-order valence-corrected chi connectivity index (χ0v) is 21.3. The Morgan fingerprint density at radius 1 is 0.897 bits per heavy atom. The van der Waals surface area contributed by atoms with Gasteiger partial charge in [-0.2, -0.15) is 0 Å². The molecule has 0 saturated heterocycles. The van der Waals surface area contributed by atoms with E-state index in [1.807, 2.05) is 0 Å². The molecule has 1 saturated carbocycles. The van der Waals surface area contributed by atoms with E-state index in [9.17, 15) is 40.2 Å². The van der Waals surface area contributed by atoms with Gasteiger partial charge in [-0.1, -0.05) is 24.3 Å². The van der Waals surface area contributed by atoms with E-state index in [1.54, 1.807) is 30.3 Å². The second-order valence-corrected chi connectivity index (χ2v) is 11.0. The Bertz CT molecular complexity index is 1520. The van der Waals surface area contributed by atoms with Crippen LogP contribution in [-0.4, -0.2) is 31.4 Å². The molecule has 5 rings (SSSR count). The van der Waals surface area contributed by atoms with Crippen LogP contribution >= 0.6 is 23.4 Å². The van der Waals surface area contributed by atoms with Crippen molar-refractivity contribution in [2.45, 2.75) is 33.9 Å². The number of benzene rings is 3. The van der Waals surface area contributed by atoms with Crippen LogP contribution in [0.5, 0.6) is 0 Å². The molecule has 3 aromatic rings. The predicted molar refractivity (Wildman–Crippen MR) is 140 cm³/mol. The number of non-ortho nitro benzene ring substituents is 1. The number of fused-ring (bicyclic) bond motifs is 3. The molecule has 3 aromatic carbocycles. The molecule has 0 unspecified atom stereocenters. The number of nitro benzene ring substituents is 3. The summed E-state index contributed by atoms with van der Waals surface area (Å²) in [5.41, 5.74) is -0.0780. The van der Waals surface area contributed by atoms with Gasteiger partial charge in [-0.15, -0.1) is 23.4 Å². The predicted octanol–water partition coefficient (Wildman–Crippen LogP) is 4.81. The molecular weight excluding hydrogens is 552 g/mol. The fourth-order valence-electron chi connectivity index (χ4n) is 5.54. The van der Waals surface area contributed by atoms with Gasteiger partial charge < -0.3 is 15.2 Å². The fraction of sp³-hybridized carbons (Fsp3) is 0.240. The molecule has 200 valence electrons. The van der Waals surface area contributed by atoms with E-state index in [2.05, 4.69) is 5.32 Å². The summed E-state index contributed by atoms with van der Waals surface area (Å²) in [6, 6.07) is 13.5. The SMILES string of the molecule is O=C([O-])c1ccc([N+](=O)[O-])c2c1N[C@@H](c1ccc([N+](=O)[O-])cc1)[C@@H]1C[C@@H](Sc3ccccc3[N+](=O)[O-])[C@@H](Cl)[C@@H]21. The molecule has 1 aliphatic carbocycles. The number of hydrogen-bond acceptors (Lipinski definition) is 10. The summed E-state index contributed by atoms with van der Waals surface area (Å²) < 4.78 is 0. The van der Waals surface area contributed by atoms with Crippen molar-refractivity contribution in [3.8, 4) is 0 Å². The number of carbonyl (C=O) groups is 1. The number of anilines is 1. The smallest absolute Gasteiger partial charge is 0.282 e. The number of alkyl halides is 1. The first-order valence-corrected chi connectivity index (χ1v) is 13.0. The highest BCUT2D eigenvalue weighted by Gasteiger charge is 2.53. The van der Waals surface area contributed by atoms with E-state index in [1.165, 1.54) is 30.0 Å². The van der Waals surface area contributed by atoms with Gasteiger partial charge in [0.15, 0.2) is 0 Å². The van der Waals surface area contributed by atoms with Crippen molar-refractivity contribution in [3.05, 3.63) is 108 Å². The van der Waals surface area contributed by atoms with Crippen LogP contribution < -0.4 is 10.4 Å². The summed E-state index contributed by atoms with van der Waals surface area (Å²) in [6.45, 7) is 0. The summed E-state index contributed by atoms with van der Waals surface area (Å²) >= 11 is 8.19. The van der Waals surface area contributed by atoms with Gasteiger partial charge in [-0.05, 0) is 30.0 Å². The highest BCUT2D eigenvalue weighted by molar-refractivity contribution is 8.00. The number of thioether (sulfide) groups is 1. The molecule has 0 aromatic heterocycles. The minimum atomic E-state index is -1.54. The van der Waals surface area contributed by atoms with Gasteiger partial charge in [0, 0.05) is 41.0 Å². The molecule has 1 aliphatic heterocycles. The molecule has 0 amide bonds. The molecule has 0 bridgehead atoms. The van der Waals surface area contributed by atoms with Crippen LogP contribution in [0.4, 0.5) is 22.7 Å². The Morgan fingerprint density at radius 3 is 2.18 bits per heavy atom. The monoisotopic (exact) mass is 569 g/mol. The van der Waals surface area contributed by atoms with E-state index >= 15 is 0 Å². The summed E-state index contributed by atoms with van der Waals surface area (Å²) in [5.74, 6) is -2.65. The quantitative estimate of drug-likeness (QED) is 0.235. The number of para-hydroxylation sites is 1. The van der Waals surface area contributed by atoms with Gasteiger partial charge in [0.25, 0.3) is 17.1 Å². The first-order valence-electron chi connectivity index (χ1n) is 11.7. The van der Waals surface area contributed by atoms with Crippen LogP contribution in [0.2, 0.25) is 0 Å². The lowest BCUT2D eigenvalue weighted by molar-refractivity contribution is -0.387. The van der Waals surface area contributed by atoms with Gasteiger partial charge >= 0.3 is 0 Å². The molecule has 1 fully saturated rings. The van der Waals surface area contributed by atoms with Crippen LogP contribution in [0.25, 0.3) is 0 Å². The Labute approximate surface area is 229 Å². The van der Waals surface area contributed by atoms with Gasteiger partial charge in [-0.25, -0.2) is 0 Å². The first-order chi connectivity index (χ1) is 18.6. The molecule has 2 aliphatic rings. The number of hydrogen-bond donors (Lipinski definition) is 1. The summed E-state index contributed by atoms with van der Waals surface area (Å²) in [5, 5.41) is 48.7. The Hall–Kier alpha value is -4.23. The van der Waals surface area contributed by atoms with E-state index < -0.39 is 49.2 Å². The number of nitrogens with zero attached hydrogens (tertiary/aromatic N) is 3. The fourth-order valence-corrected chi connectivity index (χ4v) is 7.47. The maximum Gasteiger partial charge on any atom is 0.282 e. The summed E-state index contributed by atoms with van der Waals surface area (Å²) in [7, 11) is 0. The summed E-state index contributed by atoms with van der Waals surface area (Å²) in [4.78, 5) is 45.5. The molecule has 0 radical (unpaired) electrons. The van der Waals surface area contributed by atoms with Gasteiger partial charge in [0.2, 0.25) is 0 Å². The number of nitrogens with one attached hydrogen (secondary N) is 1. The number of halogens is 1. The third-order valence-corrected chi connectivity index (χ3v) is 9.28. The normalized spacial score (nSPS) is 23.3. The first kappa shape index (κ1) is 26.4. The Kier molecular flexibility index (Phi) is 6.87. The molecule has 0 spiro atoms. The number of carbonyl (C=O) groups excluding carboxylic acids is 1. The third-order valence-electron chi connectivity index (χ3n) is 7.17. The van der Waals surface area contributed by atoms with Crippen LogP contribution in [0.15, 0.2) is 65.6 Å². The number of aromatic carboxylic acids is 1. The second kappa shape index (κ2) is 10.2. The average Bonchev–Trinajstić information content (AvgIpc) is 3.23.